The second-order valence-electron chi connectivity index (χ2n) is 5.82. The highest BCUT2D eigenvalue weighted by atomic mass is 19.2. The number of hydrogen-bond acceptors (Lipinski definition) is 3. The number of halogens is 3. The molecule has 4 nitrogen and oxygen atoms in total. The van der Waals surface area contributed by atoms with E-state index in [1.807, 2.05) is 0 Å². The number of carbonyl (C=O) groups is 1. The van der Waals surface area contributed by atoms with Crippen LogP contribution in [0.3, 0.4) is 0 Å². The Morgan fingerprint density at radius 3 is 2.30 bits per heavy atom. The van der Waals surface area contributed by atoms with Gasteiger partial charge in [0, 0.05) is 18.3 Å². The minimum Gasteiger partial charge on any atom is -0.383 e. The molecule has 0 saturated carbocycles. The van der Waals surface area contributed by atoms with Crippen LogP contribution in [0.25, 0.3) is 0 Å². The van der Waals surface area contributed by atoms with Gasteiger partial charge < -0.3 is 10.6 Å². The van der Waals surface area contributed by atoms with Gasteiger partial charge in [0.15, 0.2) is 11.6 Å². The van der Waals surface area contributed by atoms with E-state index in [4.69, 9.17) is 0 Å². The van der Waals surface area contributed by atoms with Crippen molar-refractivity contribution in [1.82, 2.24) is 4.98 Å². The van der Waals surface area contributed by atoms with E-state index >= 15 is 0 Å². The van der Waals surface area contributed by atoms with E-state index in [0.29, 0.717) is 13.0 Å². The maximum atomic E-state index is 13.2. The zero-order chi connectivity index (χ0) is 19.2. The average molecular weight is 371 g/mol. The predicted octanol–water partition coefficient (Wildman–Crippen LogP) is 4.41. The molecule has 27 heavy (non-hydrogen) atoms. The molecule has 1 amide bonds. The van der Waals surface area contributed by atoms with Crippen LogP contribution in [0, 0.1) is 17.5 Å². The summed E-state index contributed by atoms with van der Waals surface area (Å²) in [5.74, 6) is -2.82. The van der Waals surface area contributed by atoms with Gasteiger partial charge in [0.2, 0.25) is 0 Å². The summed E-state index contributed by atoms with van der Waals surface area (Å²) in [7, 11) is 0. The Kier molecular flexibility index (Phi) is 5.71. The lowest BCUT2D eigenvalue weighted by molar-refractivity contribution is 0.102. The van der Waals surface area contributed by atoms with Crippen LogP contribution < -0.4 is 10.6 Å². The van der Waals surface area contributed by atoms with Crippen LogP contribution >= 0.6 is 0 Å². The maximum Gasteiger partial charge on any atom is 0.274 e. The molecular weight excluding hydrogens is 355 g/mol. The molecular formula is C20H16F3N3O. The quantitative estimate of drug-likeness (QED) is 0.675. The standard InChI is InChI=1S/C20H16F3N3O/c21-14-3-1-13(2-4-14)9-10-24-16-6-8-19(25-12-16)20(27)26-15-5-7-17(22)18(23)11-15/h1-8,11-12,24H,9-10H2,(H,26,27). The van der Waals surface area contributed by atoms with E-state index in [1.165, 1.54) is 30.5 Å². The first-order chi connectivity index (χ1) is 13.0. The van der Waals surface area contributed by atoms with Crippen molar-refractivity contribution in [3.05, 3.63) is 89.5 Å². The van der Waals surface area contributed by atoms with Crippen LogP contribution in [-0.2, 0) is 6.42 Å². The van der Waals surface area contributed by atoms with Crippen LogP contribution in [0.15, 0.2) is 60.8 Å². The zero-order valence-corrected chi connectivity index (χ0v) is 14.2. The van der Waals surface area contributed by atoms with Gasteiger partial charge in [-0.05, 0) is 48.4 Å². The van der Waals surface area contributed by atoms with Crippen molar-refractivity contribution < 1.29 is 18.0 Å². The molecule has 2 aromatic carbocycles. The van der Waals surface area contributed by atoms with E-state index < -0.39 is 17.5 Å². The van der Waals surface area contributed by atoms with Crippen LogP contribution in [0.1, 0.15) is 16.1 Å². The second kappa shape index (κ2) is 8.35. The van der Waals surface area contributed by atoms with Crippen LogP contribution in [-0.4, -0.2) is 17.4 Å². The molecule has 0 aliphatic carbocycles. The van der Waals surface area contributed by atoms with Gasteiger partial charge in [-0.3, -0.25) is 4.79 Å². The van der Waals surface area contributed by atoms with E-state index in [-0.39, 0.29) is 17.2 Å². The number of benzene rings is 2. The molecule has 0 unspecified atom stereocenters. The highest BCUT2D eigenvalue weighted by Crippen LogP contribution is 2.14. The van der Waals surface area contributed by atoms with Crippen LogP contribution in [0.5, 0.6) is 0 Å². The first-order valence-electron chi connectivity index (χ1n) is 8.22. The molecule has 1 aromatic heterocycles. The average Bonchev–Trinajstić information content (AvgIpc) is 2.67. The number of aromatic nitrogens is 1. The third-order valence-corrected chi connectivity index (χ3v) is 3.83. The predicted molar refractivity (Wildman–Crippen MR) is 97.1 cm³/mol. The number of carbonyl (C=O) groups excluding carboxylic acids is 1. The van der Waals surface area contributed by atoms with Crippen LogP contribution in [0.2, 0.25) is 0 Å². The SMILES string of the molecule is O=C(Nc1ccc(F)c(F)c1)c1ccc(NCCc2ccc(F)cc2)cn1. The van der Waals surface area contributed by atoms with E-state index in [9.17, 15) is 18.0 Å². The lowest BCUT2D eigenvalue weighted by Crippen LogP contribution is -2.14. The van der Waals surface area contributed by atoms with Crippen molar-refractivity contribution in [1.29, 1.82) is 0 Å². The zero-order valence-electron chi connectivity index (χ0n) is 14.2. The monoisotopic (exact) mass is 371 g/mol. The summed E-state index contributed by atoms with van der Waals surface area (Å²) < 4.78 is 38.9. The second-order valence-corrected chi connectivity index (χ2v) is 5.82. The summed E-state index contributed by atoms with van der Waals surface area (Å²) in [4.78, 5) is 16.2. The van der Waals surface area contributed by atoms with Crippen molar-refractivity contribution >= 4 is 17.3 Å². The Hall–Kier alpha value is -3.35. The molecule has 0 fully saturated rings. The maximum absolute atomic E-state index is 13.2. The Balaban J connectivity index is 1.53. The van der Waals surface area contributed by atoms with Crippen LogP contribution in [0.4, 0.5) is 24.5 Å². The summed E-state index contributed by atoms with van der Waals surface area (Å²) >= 11 is 0. The highest BCUT2D eigenvalue weighted by Gasteiger charge is 2.09. The molecule has 7 heteroatoms. The summed E-state index contributed by atoms with van der Waals surface area (Å²) in [6.45, 7) is 0.619. The highest BCUT2D eigenvalue weighted by molar-refractivity contribution is 6.02. The first kappa shape index (κ1) is 18.4. The Bertz CT molecular complexity index is 928. The van der Waals surface area contributed by atoms with Gasteiger partial charge >= 0.3 is 0 Å². The Labute approximate surface area is 154 Å². The third-order valence-electron chi connectivity index (χ3n) is 3.83. The number of anilines is 2. The summed E-state index contributed by atoms with van der Waals surface area (Å²) in [5.41, 5.74) is 2.01. The molecule has 0 aliphatic rings. The number of pyridine rings is 1. The fourth-order valence-corrected chi connectivity index (χ4v) is 2.40. The van der Waals surface area contributed by atoms with E-state index in [1.54, 1.807) is 18.2 Å². The number of nitrogens with zero attached hydrogens (tertiary/aromatic N) is 1. The largest absolute Gasteiger partial charge is 0.383 e. The summed E-state index contributed by atoms with van der Waals surface area (Å²) in [6, 6.07) is 12.6. The third kappa shape index (κ3) is 5.07. The molecule has 0 saturated heterocycles. The van der Waals surface area contributed by atoms with Crippen molar-refractivity contribution in [3.8, 4) is 0 Å². The summed E-state index contributed by atoms with van der Waals surface area (Å²) in [5, 5.41) is 5.61. The van der Waals surface area contributed by atoms with Crippen molar-refractivity contribution in [3.63, 3.8) is 0 Å². The number of rotatable bonds is 6. The normalized spacial score (nSPS) is 10.5. The van der Waals surface area contributed by atoms with Crippen molar-refractivity contribution in [2.45, 2.75) is 6.42 Å². The fraction of sp³-hybridized carbons (Fsp3) is 0.100. The van der Waals surface area contributed by atoms with Gasteiger partial charge in [-0.1, -0.05) is 12.1 Å². The lowest BCUT2D eigenvalue weighted by Gasteiger charge is -2.08. The van der Waals surface area contributed by atoms with Gasteiger partial charge in [0.1, 0.15) is 11.5 Å². The molecule has 0 spiro atoms. The van der Waals surface area contributed by atoms with Gasteiger partial charge in [-0.2, -0.15) is 0 Å². The molecule has 0 atom stereocenters. The number of hydrogen-bond donors (Lipinski definition) is 2. The molecule has 0 radical (unpaired) electrons. The minimum atomic E-state index is -1.04. The van der Waals surface area contributed by atoms with E-state index in [2.05, 4.69) is 15.6 Å². The van der Waals surface area contributed by atoms with Gasteiger partial charge in [-0.15, -0.1) is 0 Å². The number of nitrogens with one attached hydrogen (secondary N) is 2. The van der Waals surface area contributed by atoms with Gasteiger partial charge in [0.25, 0.3) is 5.91 Å². The van der Waals surface area contributed by atoms with Gasteiger partial charge in [0.05, 0.1) is 11.9 Å². The van der Waals surface area contributed by atoms with Crippen molar-refractivity contribution in [2.75, 3.05) is 17.2 Å². The molecule has 0 aliphatic heterocycles. The Morgan fingerprint density at radius 2 is 1.63 bits per heavy atom. The number of amides is 1. The fourth-order valence-electron chi connectivity index (χ4n) is 2.40. The molecule has 3 rings (SSSR count). The van der Waals surface area contributed by atoms with Crippen molar-refractivity contribution in [2.24, 2.45) is 0 Å². The molecule has 2 N–H and O–H groups in total. The molecule has 0 bridgehead atoms. The Morgan fingerprint density at radius 1 is 0.889 bits per heavy atom. The summed E-state index contributed by atoms with van der Waals surface area (Å²) in [6.07, 6.45) is 2.21. The smallest absolute Gasteiger partial charge is 0.274 e. The molecule has 138 valence electrons. The lowest BCUT2D eigenvalue weighted by atomic mass is 10.1. The topological polar surface area (TPSA) is 54.0 Å². The van der Waals surface area contributed by atoms with Gasteiger partial charge in [-0.25, -0.2) is 18.2 Å². The minimum absolute atomic E-state index is 0.141. The molecule has 1 heterocycles. The van der Waals surface area contributed by atoms with E-state index in [0.717, 1.165) is 23.4 Å². The first-order valence-corrected chi connectivity index (χ1v) is 8.22. The molecule has 3 aromatic rings.